The summed E-state index contributed by atoms with van der Waals surface area (Å²) in [5.41, 5.74) is -0.187. The zero-order valence-electron chi connectivity index (χ0n) is 15.1. The van der Waals surface area contributed by atoms with Gasteiger partial charge < -0.3 is 10.2 Å². The van der Waals surface area contributed by atoms with Crippen LogP contribution in [0.5, 0.6) is 0 Å². The average molecular weight is 391 g/mol. The number of alkyl halides is 3. The molecule has 0 aliphatic carbocycles. The van der Waals surface area contributed by atoms with E-state index in [1.165, 1.54) is 24.4 Å². The maximum atomic E-state index is 12.7. The van der Waals surface area contributed by atoms with Gasteiger partial charge in [-0.25, -0.2) is 0 Å². The zero-order valence-corrected chi connectivity index (χ0v) is 15.1. The third kappa shape index (κ3) is 4.88. The molecule has 1 fully saturated rings. The number of halogens is 3. The Morgan fingerprint density at radius 2 is 1.61 bits per heavy atom. The zero-order chi connectivity index (χ0) is 20.1. The summed E-state index contributed by atoms with van der Waals surface area (Å²) in [6, 6.07) is 7.10. The third-order valence-electron chi connectivity index (χ3n) is 4.60. The van der Waals surface area contributed by atoms with E-state index in [0.717, 1.165) is 37.8 Å². The Hall–Kier alpha value is -2.90. The van der Waals surface area contributed by atoms with Crippen molar-refractivity contribution >= 4 is 17.5 Å². The van der Waals surface area contributed by atoms with Crippen molar-refractivity contribution in [1.82, 2.24) is 9.88 Å². The third-order valence-corrected chi connectivity index (χ3v) is 4.60. The minimum Gasteiger partial charge on any atom is -0.339 e. The molecule has 1 aliphatic heterocycles. The van der Waals surface area contributed by atoms with E-state index in [1.54, 1.807) is 11.0 Å². The van der Waals surface area contributed by atoms with Crippen molar-refractivity contribution in [3.8, 4) is 0 Å². The highest BCUT2D eigenvalue weighted by atomic mass is 19.4. The molecule has 2 aromatic rings. The second-order valence-electron chi connectivity index (χ2n) is 6.67. The second kappa shape index (κ2) is 8.41. The van der Waals surface area contributed by atoms with Crippen molar-refractivity contribution in [3.63, 3.8) is 0 Å². The maximum Gasteiger partial charge on any atom is 0.416 e. The summed E-state index contributed by atoms with van der Waals surface area (Å²) < 4.78 is 37.8. The second-order valence-corrected chi connectivity index (χ2v) is 6.67. The summed E-state index contributed by atoms with van der Waals surface area (Å²) in [6.45, 7) is 1.38. The summed E-state index contributed by atoms with van der Waals surface area (Å²) in [6.07, 6.45) is 1.05. The van der Waals surface area contributed by atoms with Crippen molar-refractivity contribution in [2.75, 3.05) is 18.4 Å². The molecule has 3 rings (SSSR count). The molecule has 148 valence electrons. The predicted molar refractivity (Wildman–Crippen MR) is 98.0 cm³/mol. The van der Waals surface area contributed by atoms with Crippen molar-refractivity contribution in [3.05, 3.63) is 59.4 Å². The fourth-order valence-electron chi connectivity index (χ4n) is 3.08. The number of nitrogens with one attached hydrogen (secondary N) is 1. The van der Waals surface area contributed by atoms with Crippen LogP contribution in [0.3, 0.4) is 0 Å². The molecule has 28 heavy (non-hydrogen) atoms. The molecule has 8 heteroatoms. The summed E-state index contributed by atoms with van der Waals surface area (Å²) in [5, 5.41) is 2.50. The van der Waals surface area contributed by atoms with Gasteiger partial charge in [0, 0.05) is 30.5 Å². The topological polar surface area (TPSA) is 62.3 Å². The van der Waals surface area contributed by atoms with Crippen LogP contribution >= 0.6 is 0 Å². The van der Waals surface area contributed by atoms with Gasteiger partial charge in [0.2, 0.25) is 0 Å². The number of nitrogens with zero attached hydrogens (tertiary/aromatic N) is 2. The standard InChI is InChI=1S/C20H20F3N3O2/c21-20(22,23)15-5-7-16(8-6-15)25-18(27)17-13-14(9-10-24-17)19(28)26-11-3-1-2-4-12-26/h5-10,13H,1-4,11-12H2,(H,25,27). The molecule has 0 saturated carbocycles. The number of hydrogen-bond acceptors (Lipinski definition) is 3. The highest BCUT2D eigenvalue weighted by Crippen LogP contribution is 2.29. The molecular formula is C20H20F3N3O2. The number of pyridine rings is 1. The monoisotopic (exact) mass is 391 g/mol. The lowest BCUT2D eigenvalue weighted by Crippen LogP contribution is -2.32. The first-order valence-corrected chi connectivity index (χ1v) is 9.08. The van der Waals surface area contributed by atoms with Crippen LogP contribution in [0.1, 0.15) is 52.1 Å². The van der Waals surface area contributed by atoms with Crippen molar-refractivity contribution in [2.45, 2.75) is 31.9 Å². The lowest BCUT2D eigenvalue weighted by molar-refractivity contribution is -0.137. The van der Waals surface area contributed by atoms with E-state index in [0.29, 0.717) is 18.7 Å². The minimum atomic E-state index is -4.44. The fourth-order valence-corrected chi connectivity index (χ4v) is 3.08. The van der Waals surface area contributed by atoms with Crippen LogP contribution in [0.2, 0.25) is 0 Å². The molecule has 0 bridgehead atoms. The van der Waals surface area contributed by atoms with E-state index < -0.39 is 17.6 Å². The van der Waals surface area contributed by atoms with Crippen molar-refractivity contribution in [2.24, 2.45) is 0 Å². The molecule has 5 nitrogen and oxygen atoms in total. The number of benzene rings is 1. The van der Waals surface area contributed by atoms with Gasteiger partial charge in [0.05, 0.1) is 5.56 Å². The first-order valence-electron chi connectivity index (χ1n) is 9.08. The summed E-state index contributed by atoms with van der Waals surface area (Å²) >= 11 is 0. The van der Waals surface area contributed by atoms with E-state index >= 15 is 0 Å². The normalized spacial score (nSPS) is 15.0. The van der Waals surface area contributed by atoms with E-state index in [-0.39, 0.29) is 17.3 Å². The van der Waals surface area contributed by atoms with Crippen LogP contribution in [0, 0.1) is 0 Å². The molecule has 2 amide bonds. The summed E-state index contributed by atoms with van der Waals surface area (Å²) in [5.74, 6) is -0.738. The highest BCUT2D eigenvalue weighted by molar-refractivity contribution is 6.04. The Kier molecular flexibility index (Phi) is 5.96. The lowest BCUT2D eigenvalue weighted by Gasteiger charge is -2.20. The maximum absolute atomic E-state index is 12.7. The molecule has 1 N–H and O–H groups in total. The molecular weight excluding hydrogens is 371 g/mol. The smallest absolute Gasteiger partial charge is 0.339 e. The first-order chi connectivity index (χ1) is 13.3. The van der Waals surface area contributed by atoms with Crippen LogP contribution in [0.25, 0.3) is 0 Å². The van der Waals surface area contributed by atoms with Crippen LogP contribution in [0.4, 0.5) is 18.9 Å². The van der Waals surface area contributed by atoms with Gasteiger partial charge in [0.15, 0.2) is 0 Å². The van der Waals surface area contributed by atoms with Gasteiger partial charge >= 0.3 is 6.18 Å². The minimum absolute atomic E-state index is 0.0283. The van der Waals surface area contributed by atoms with Crippen molar-refractivity contribution < 1.29 is 22.8 Å². The van der Waals surface area contributed by atoms with Crippen LogP contribution in [0.15, 0.2) is 42.6 Å². The molecule has 1 aromatic heterocycles. The van der Waals surface area contributed by atoms with Crippen LogP contribution in [-0.4, -0.2) is 34.8 Å². The fraction of sp³-hybridized carbons (Fsp3) is 0.350. The SMILES string of the molecule is O=C(Nc1ccc(C(F)(F)F)cc1)c1cc(C(=O)N2CCCCCC2)ccn1. The molecule has 0 atom stereocenters. The largest absolute Gasteiger partial charge is 0.416 e. The molecule has 1 aromatic carbocycles. The molecule has 0 spiro atoms. The highest BCUT2D eigenvalue weighted by Gasteiger charge is 2.30. The molecule has 1 saturated heterocycles. The Morgan fingerprint density at radius 3 is 2.21 bits per heavy atom. The molecule has 2 heterocycles. The van der Waals surface area contributed by atoms with Gasteiger partial charge in [-0.3, -0.25) is 14.6 Å². The quantitative estimate of drug-likeness (QED) is 0.845. The first kappa shape index (κ1) is 19.9. The van der Waals surface area contributed by atoms with Gasteiger partial charge in [-0.1, -0.05) is 12.8 Å². The number of hydrogen-bond donors (Lipinski definition) is 1. The summed E-state index contributed by atoms with van der Waals surface area (Å²) in [4.78, 5) is 30.8. The van der Waals surface area contributed by atoms with E-state index in [1.807, 2.05) is 0 Å². The summed E-state index contributed by atoms with van der Waals surface area (Å²) in [7, 11) is 0. The van der Waals surface area contributed by atoms with Gasteiger partial charge in [-0.05, 0) is 49.2 Å². The molecule has 0 radical (unpaired) electrons. The van der Waals surface area contributed by atoms with E-state index in [9.17, 15) is 22.8 Å². The Bertz CT molecular complexity index is 843. The Balaban J connectivity index is 1.70. The van der Waals surface area contributed by atoms with Gasteiger partial charge in [-0.2, -0.15) is 13.2 Å². The number of carbonyl (C=O) groups is 2. The Morgan fingerprint density at radius 1 is 0.964 bits per heavy atom. The number of carbonyl (C=O) groups excluding carboxylic acids is 2. The van der Waals surface area contributed by atoms with Gasteiger partial charge in [0.1, 0.15) is 5.69 Å². The number of aromatic nitrogens is 1. The molecule has 1 aliphatic rings. The predicted octanol–water partition coefficient (Wildman–Crippen LogP) is 4.37. The number of amides is 2. The number of rotatable bonds is 3. The van der Waals surface area contributed by atoms with Gasteiger partial charge in [0.25, 0.3) is 11.8 Å². The van der Waals surface area contributed by atoms with E-state index in [2.05, 4.69) is 10.3 Å². The van der Waals surface area contributed by atoms with E-state index in [4.69, 9.17) is 0 Å². The lowest BCUT2D eigenvalue weighted by atomic mass is 10.1. The Labute approximate surface area is 160 Å². The molecule has 0 unspecified atom stereocenters. The van der Waals surface area contributed by atoms with Crippen LogP contribution < -0.4 is 5.32 Å². The number of anilines is 1. The van der Waals surface area contributed by atoms with Crippen LogP contribution in [-0.2, 0) is 6.18 Å². The average Bonchev–Trinajstić information content (AvgIpc) is 2.97. The van der Waals surface area contributed by atoms with Crippen molar-refractivity contribution in [1.29, 1.82) is 0 Å². The van der Waals surface area contributed by atoms with Gasteiger partial charge in [-0.15, -0.1) is 0 Å². The number of likely N-dealkylation sites (tertiary alicyclic amines) is 1.